The van der Waals surface area contributed by atoms with Crippen molar-refractivity contribution in [3.05, 3.63) is 192 Å². The third-order valence-corrected chi connectivity index (χ3v) is 13.0. The monoisotopic (exact) mass is 682 g/mol. The van der Waals surface area contributed by atoms with Crippen molar-refractivity contribution < 1.29 is 0 Å². The molecule has 0 radical (unpaired) electrons. The van der Waals surface area contributed by atoms with Gasteiger partial charge in [0.2, 0.25) is 13.4 Å². The van der Waals surface area contributed by atoms with Gasteiger partial charge in [0.15, 0.2) is 0 Å². The summed E-state index contributed by atoms with van der Waals surface area (Å²) in [4.78, 5) is 0. The molecule has 0 N–H and O–H groups in total. The van der Waals surface area contributed by atoms with Crippen LogP contribution in [0.5, 0.6) is 0 Å². The minimum Gasteiger partial charge on any atom is -0.310 e. The van der Waals surface area contributed by atoms with Crippen molar-refractivity contribution in [1.82, 2.24) is 9.13 Å². The predicted molar refractivity (Wildman–Crippen MR) is 229 cm³/mol. The van der Waals surface area contributed by atoms with Crippen LogP contribution in [0.3, 0.4) is 0 Å². The fourth-order valence-electron chi connectivity index (χ4n) is 10.9. The van der Waals surface area contributed by atoms with Gasteiger partial charge in [0, 0.05) is 44.0 Å². The van der Waals surface area contributed by atoms with Crippen LogP contribution in [0.15, 0.2) is 170 Å². The minimum absolute atomic E-state index is 0.335. The van der Waals surface area contributed by atoms with E-state index in [0.29, 0.717) is 13.4 Å². The van der Waals surface area contributed by atoms with E-state index in [0.717, 1.165) is 12.8 Å². The summed E-state index contributed by atoms with van der Waals surface area (Å²) in [5, 5.41) is 5.44. The average Bonchev–Trinajstić information content (AvgIpc) is 3.76. The number of hydrogen-bond donors (Lipinski definition) is 0. The summed E-state index contributed by atoms with van der Waals surface area (Å²) in [6.07, 6.45) is 2.06. The molecule has 248 valence electrons. The molecule has 4 aliphatic rings. The Morgan fingerprint density at radius 1 is 0.315 bits per heavy atom. The minimum atomic E-state index is 0.335. The Kier molecular flexibility index (Phi) is 5.67. The second kappa shape index (κ2) is 10.6. The lowest BCUT2D eigenvalue weighted by atomic mass is 9.32. The van der Waals surface area contributed by atoms with E-state index < -0.39 is 0 Å². The van der Waals surface area contributed by atoms with Crippen molar-refractivity contribution in [2.75, 3.05) is 0 Å². The number of hydrogen-bond acceptors (Lipinski definition) is 0. The molecule has 6 heterocycles. The van der Waals surface area contributed by atoms with Crippen LogP contribution >= 0.6 is 0 Å². The first kappa shape index (κ1) is 29.0. The fraction of sp³-hybridized carbons (Fsp3) is 0.0400. The summed E-state index contributed by atoms with van der Waals surface area (Å²) >= 11 is 0. The number of rotatable bonds is 0. The van der Waals surface area contributed by atoms with Crippen molar-refractivity contribution in [2.24, 2.45) is 0 Å². The SMILES string of the molecule is c1ccc2c(c1)Cc1ccc3c4ccccc4n4c3c1B2c1ccccc1-4.c1ccc2c(c1)Cc1cccc3c1B2c1cccc2c4ccccc4n-3c12. The molecule has 0 bridgehead atoms. The molecule has 54 heavy (non-hydrogen) atoms. The van der Waals surface area contributed by atoms with Crippen molar-refractivity contribution >= 4 is 89.8 Å². The number of nitrogens with zero attached hydrogens (tertiary/aromatic N) is 2. The molecule has 14 rings (SSSR count). The lowest BCUT2D eigenvalue weighted by Crippen LogP contribution is -2.60. The van der Waals surface area contributed by atoms with E-state index in [1.807, 2.05) is 0 Å². The van der Waals surface area contributed by atoms with Crippen molar-refractivity contribution in [3.63, 3.8) is 0 Å². The van der Waals surface area contributed by atoms with Gasteiger partial charge in [0.25, 0.3) is 0 Å². The zero-order valence-corrected chi connectivity index (χ0v) is 29.6. The van der Waals surface area contributed by atoms with E-state index >= 15 is 0 Å². The van der Waals surface area contributed by atoms with Crippen molar-refractivity contribution in [3.8, 4) is 11.4 Å². The molecule has 0 amide bonds. The molecular weight excluding hydrogens is 650 g/mol. The highest BCUT2D eigenvalue weighted by atomic mass is 15.0. The first-order valence-corrected chi connectivity index (χ1v) is 19.3. The first-order valence-electron chi connectivity index (χ1n) is 19.3. The second-order valence-corrected chi connectivity index (χ2v) is 15.5. The maximum atomic E-state index is 2.50. The zero-order chi connectivity index (χ0) is 35.1. The summed E-state index contributed by atoms with van der Waals surface area (Å²) < 4.78 is 5.01. The van der Waals surface area contributed by atoms with Gasteiger partial charge in [-0.1, -0.05) is 157 Å². The molecule has 8 aromatic carbocycles. The molecule has 0 saturated carbocycles. The Morgan fingerprint density at radius 3 is 1.54 bits per heavy atom. The largest absolute Gasteiger partial charge is 0.310 e. The summed E-state index contributed by atoms with van der Waals surface area (Å²) in [5.41, 5.74) is 22.8. The third kappa shape index (κ3) is 3.63. The van der Waals surface area contributed by atoms with Crippen LogP contribution in [0.1, 0.15) is 22.3 Å². The smallest absolute Gasteiger partial charge is 0.247 e. The van der Waals surface area contributed by atoms with Crippen LogP contribution in [-0.2, 0) is 12.8 Å². The fourth-order valence-corrected chi connectivity index (χ4v) is 10.9. The lowest BCUT2D eigenvalue weighted by molar-refractivity contribution is 1.14. The summed E-state index contributed by atoms with van der Waals surface area (Å²) in [6, 6.07) is 63.0. The predicted octanol–water partition coefficient (Wildman–Crippen LogP) is 7.04. The molecule has 2 aromatic heterocycles. The topological polar surface area (TPSA) is 9.86 Å². The van der Waals surface area contributed by atoms with E-state index in [4.69, 9.17) is 0 Å². The lowest BCUT2D eigenvalue weighted by Gasteiger charge is -2.33. The van der Waals surface area contributed by atoms with Gasteiger partial charge < -0.3 is 9.13 Å². The molecule has 0 unspecified atom stereocenters. The second-order valence-electron chi connectivity index (χ2n) is 15.5. The third-order valence-electron chi connectivity index (χ3n) is 13.0. The molecular formula is C50H32B2N2. The molecule has 10 aromatic rings. The summed E-state index contributed by atoms with van der Waals surface area (Å²) in [7, 11) is 0. The quantitative estimate of drug-likeness (QED) is 0.152. The molecule has 0 fully saturated rings. The maximum Gasteiger partial charge on any atom is 0.247 e. The average molecular weight is 682 g/mol. The van der Waals surface area contributed by atoms with Gasteiger partial charge in [-0.15, -0.1) is 0 Å². The van der Waals surface area contributed by atoms with Crippen LogP contribution in [-0.4, -0.2) is 22.6 Å². The molecule has 0 atom stereocenters. The van der Waals surface area contributed by atoms with Crippen LogP contribution in [0.25, 0.3) is 55.0 Å². The number of para-hydroxylation sites is 4. The first-order chi connectivity index (χ1) is 26.8. The summed E-state index contributed by atoms with van der Waals surface area (Å²) in [5.74, 6) is 0. The van der Waals surface area contributed by atoms with E-state index in [1.54, 1.807) is 0 Å². The van der Waals surface area contributed by atoms with Crippen molar-refractivity contribution in [1.29, 1.82) is 0 Å². The van der Waals surface area contributed by atoms with Crippen LogP contribution < -0.4 is 32.8 Å². The molecule has 0 spiro atoms. The van der Waals surface area contributed by atoms with E-state index in [2.05, 4.69) is 179 Å². The molecule has 4 aliphatic heterocycles. The molecule has 2 nitrogen and oxygen atoms in total. The van der Waals surface area contributed by atoms with E-state index in [9.17, 15) is 0 Å². The zero-order valence-electron chi connectivity index (χ0n) is 29.6. The van der Waals surface area contributed by atoms with Gasteiger partial charge >= 0.3 is 0 Å². The highest BCUT2D eigenvalue weighted by Crippen LogP contribution is 2.36. The number of benzene rings is 8. The summed E-state index contributed by atoms with van der Waals surface area (Å²) in [6.45, 7) is 0.670. The van der Waals surface area contributed by atoms with Gasteiger partial charge in [-0.25, -0.2) is 0 Å². The Labute approximate surface area is 314 Å². The molecule has 0 saturated heterocycles. The Hall–Kier alpha value is -6.51. The molecule has 4 heteroatoms. The van der Waals surface area contributed by atoms with Crippen molar-refractivity contribution in [2.45, 2.75) is 12.8 Å². The van der Waals surface area contributed by atoms with E-state index in [-0.39, 0.29) is 0 Å². The van der Waals surface area contributed by atoms with Gasteiger partial charge in [-0.2, -0.15) is 0 Å². The van der Waals surface area contributed by atoms with Gasteiger partial charge in [0.1, 0.15) is 0 Å². The Morgan fingerprint density at radius 2 is 0.796 bits per heavy atom. The Bertz CT molecular complexity index is 3220. The van der Waals surface area contributed by atoms with E-state index in [1.165, 1.54) is 110 Å². The van der Waals surface area contributed by atoms with Gasteiger partial charge in [-0.05, 0) is 81.2 Å². The molecule has 0 aliphatic carbocycles. The highest BCUT2D eigenvalue weighted by Gasteiger charge is 2.40. The van der Waals surface area contributed by atoms with Crippen LogP contribution in [0, 0.1) is 0 Å². The van der Waals surface area contributed by atoms with Gasteiger partial charge in [0.05, 0.1) is 11.0 Å². The van der Waals surface area contributed by atoms with Crippen LogP contribution in [0.2, 0.25) is 0 Å². The Balaban J connectivity index is 0.000000115. The highest BCUT2D eigenvalue weighted by molar-refractivity contribution is 6.99. The maximum absolute atomic E-state index is 2.50. The number of aromatic nitrogens is 2. The normalized spacial score (nSPS) is 13.7. The standard InChI is InChI=1S/2C25H16BN/c1-3-9-20-16(7-1)15-17-13-14-19-18-8-2-5-11-22(18)27-23-12-6-4-10-21(23)26(20)24(17)25(19)27;1-3-11-20-16(7-1)15-17-8-5-14-23-24(17)26(20)21-12-6-10-19-18-9-2-4-13-22(18)27(23)25(19)21/h2*1-14H,15H2. The van der Waals surface area contributed by atoms with Crippen LogP contribution in [0.4, 0.5) is 0 Å². The van der Waals surface area contributed by atoms with Gasteiger partial charge in [-0.3, -0.25) is 0 Å². The number of fused-ring (bicyclic) bond motifs is 15.